The number of nitrogens with zero attached hydrogens (tertiary/aromatic N) is 1. The Morgan fingerprint density at radius 1 is 0.621 bits per heavy atom. The number of aliphatic hydroxyl groups is 1. The number of aliphatic imine (C=N–C) groups is 1. The highest BCUT2D eigenvalue weighted by atomic mass is 16.3. The van der Waals surface area contributed by atoms with Crippen LogP contribution in [0.3, 0.4) is 0 Å². The molecule has 20 heteroatoms. The van der Waals surface area contributed by atoms with Crippen molar-refractivity contribution in [3.63, 3.8) is 0 Å². The number of unbranched alkanes of at least 4 members (excludes halogenated alkanes) is 1. The van der Waals surface area contributed by atoms with Crippen molar-refractivity contribution in [3.8, 4) is 0 Å². The summed E-state index contributed by atoms with van der Waals surface area (Å²) in [5, 5.41) is 27.7. The van der Waals surface area contributed by atoms with Crippen molar-refractivity contribution < 1.29 is 43.5 Å². The second kappa shape index (κ2) is 26.8. The number of carbonyl (C=O) groups excluding carboxylic acids is 8. The van der Waals surface area contributed by atoms with Crippen LogP contribution in [0.5, 0.6) is 0 Å². The maximum atomic E-state index is 13.6. The van der Waals surface area contributed by atoms with Crippen LogP contribution in [-0.2, 0) is 38.4 Å². The molecule has 0 bridgehead atoms. The van der Waals surface area contributed by atoms with Gasteiger partial charge in [-0.25, -0.2) is 0 Å². The second-order valence-corrected chi connectivity index (χ2v) is 15.5. The Morgan fingerprint density at radius 3 is 1.55 bits per heavy atom. The molecule has 20 nitrogen and oxygen atoms in total. The topological polar surface area (TPSA) is 331 Å². The van der Waals surface area contributed by atoms with E-state index < -0.39 is 90.3 Å². The summed E-state index contributed by atoms with van der Waals surface area (Å²) in [4.78, 5) is 107. The SMILES string of the molecule is CCCC[C@H](NC(=O)[C@H](C)NC(=O)[C@H](CCCN=C(N)N)NC(=O)[C@H](CC1CCCCC1)NC(C)=O)C(=O)N[C@@H](C)C(=O)N[C@@H](CO)C(=O)N[C@@H](CC(C)C)C(N)=O. The van der Waals surface area contributed by atoms with Crippen molar-refractivity contribution in [2.45, 2.75) is 161 Å². The second-order valence-electron chi connectivity index (χ2n) is 15.5. The lowest BCUT2D eigenvalue weighted by Crippen LogP contribution is -2.59. The fraction of sp³-hybridized carbons (Fsp3) is 0.763. The molecule has 1 rings (SSSR count). The molecule has 1 aliphatic carbocycles. The van der Waals surface area contributed by atoms with E-state index >= 15 is 0 Å². The Kier molecular flexibility index (Phi) is 23.6. The molecule has 1 fully saturated rings. The molecule has 0 aromatic rings. The van der Waals surface area contributed by atoms with Crippen molar-refractivity contribution in [3.05, 3.63) is 0 Å². The minimum absolute atomic E-state index is 0.0128. The summed E-state index contributed by atoms with van der Waals surface area (Å²) >= 11 is 0. The Bertz CT molecular complexity index is 1420. The molecule has 0 heterocycles. The molecule has 0 spiro atoms. The van der Waals surface area contributed by atoms with Crippen LogP contribution in [0.15, 0.2) is 4.99 Å². The lowest BCUT2D eigenvalue weighted by molar-refractivity contribution is -0.135. The van der Waals surface area contributed by atoms with Gasteiger partial charge in [0.25, 0.3) is 0 Å². The summed E-state index contributed by atoms with van der Waals surface area (Å²) in [6.45, 7) is 8.97. The van der Waals surface area contributed by atoms with Crippen LogP contribution in [0.25, 0.3) is 0 Å². The van der Waals surface area contributed by atoms with Crippen molar-refractivity contribution in [1.29, 1.82) is 0 Å². The maximum absolute atomic E-state index is 13.6. The lowest BCUT2D eigenvalue weighted by atomic mass is 9.84. The van der Waals surface area contributed by atoms with E-state index in [1.165, 1.54) is 20.8 Å². The van der Waals surface area contributed by atoms with Gasteiger partial charge in [-0.15, -0.1) is 0 Å². The number of carbonyl (C=O) groups is 8. The molecule has 8 amide bonds. The molecule has 0 saturated heterocycles. The highest BCUT2D eigenvalue weighted by Gasteiger charge is 2.32. The van der Waals surface area contributed by atoms with E-state index in [1.54, 1.807) is 0 Å². The largest absolute Gasteiger partial charge is 0.394 e. The maximum Gasteiger partial charge on any atom is 0.245 e. The van der Waals surface area contributed by atoms with Crippen LogP contribution in [0.1, 0.15) is 119 Å². The first-order valence-corrected chi connectivity index (χ1v) is 20.3. The Labute approximate surface area is 341 Å². The van der Waals surface area contributed by atoms with E-state index in [2.05, 4.69) is 42.2 Å². The minimum atomic E-state index is -1.45. The number of rotatable bonds is 26. The van der Waals surface area contributed by atoms with Gasteiger partial charge in [0.2, 0.25) is 47.3 Å². The van der Waals surface area contributed by atoms with Gasteiger partial charge in [-0.1, -0.05) is 65.7 Å². The summed E-state index contributed by atoms with van der Waals surface area (Å²) in [6.07, 6.45) is 7.48. The highest BCUT2D eigenvalue weighted by molar-refractivity contribution is 5.97. The molecular weight excluding hydrogens is 754 g/mol. The monoisotopic (exact) mass is 824 g/mol. The van der Waals surface area contributed by atoms with Crippen LogP contribution < -0.4 is 54.4 Å². The number of primary amides is 1. The van der Waals surface area contributed by atoms with Gasteiger partial charge in [-0.2, -0.15) is 0 Å². The van der Waals surface area contributed by atoms with Crippen molar-refractivity contribution >= 4 is 53.2 Å². The van der Waals surface area contributed by atoms with E-state index in [4.69, 9.17) is 17.2 Å². The average molecular weight is 824 g/mol. The van der Waals surface area contributed by atoms with E-state index in [0.29, 0.717) is 25.7 Å². The number of amides is 8. The summed E-state index contributed by atoms with van der Waals surface area (Å²) < 4.78 is 0. The van der Waals surface area contributed by atoms with E-state index in [0.717, 1.165) is 32.1 Å². The summed E-state index contributed by atoms with van der Waals surface area (Å²) in [7, 11) is 0. The third kappa shape index (κ3) is 19.9. The first-order valence-electron chi connectivity index (χ1n) is 20.3. The average Bonchev–Trinajstić information content (AvgIpc) is 3.15. The number of nitrogens with one attached hydrogen (secondary N) is 7. The molecule has 0 unspecified atom stereocenters. The van der Waals surface area contributed by atoms with E-state index in [1.807, 2.05) is 20.8 Å². The normalized spacial score (nSPS) is 16.5. The van der Waals surface area contributed by atoms with E-state index in [-0.39, 0.29) is 49.5 Å². The Hall–Kier alpha value is -5.01. The number of hydrogen-bond acceptors (Lipinski definition) is 10. The van der Waals surface area contributed by atoms with Gasteiger partial charge < -0.3 is 59.5 Å². The highest BCUT2D eigenvalue weighted by Crippen LogP contribution is 2.27. The number of hydrogen-bond donors (Lipinski definition) is 11. The predicted octanol–water partition coefficient (Wildman–Crippen LogP) is -1.82. The zero-order valence-corrected chi connectivity index (χ0v) is 35.0. The Morgan fingerprint density at radius 2 is 1.09 bits per heavy atom. The number of aliphatic hydroxyl groups excluding tert-OH is 1. The lowest BCUT2D eigenvalue weighted by Gasteiger charge is -2.28. The quantitative estimate of drug-likeness (QED) is 0.0262. The van der Waals surface area contributed by atoms with Gasteiger partial charge in [0.05, 0.1) is 6.61 Å². The fourth-order valence-corrected chi connectivity index (χ4v) is 6.49. The number of nitrogens with two attached hydrogens (primary N) is 3. The summed E-state index contributed by atoms with van der Waals surface area (Å²) in [5.74, 6) is -5.38. The Balaban J connectivity index is 3.03. The zero-order valence-electron chi connectivity index (χ0n) is 35.0. The molecule has 0 aliphatic heterocycles. The summed E-state index contributed by atoms with van der Waals surface area (Å²) in [5.41, 5.74) is 16.3. The van der Waals surface area contributed by atoms with Crippen LogP contribution in [0, 0.1) is 11.8 Å². The molecule has 1 saturated carbocycles. The van der Waals surface area contributed by atoms with Crippen LogP contribution in [-0.4, -0.2) is 114 Å². The van der Waals surface area contributed by atoms with Gasteiger partial charge in [-0.05, 0) is 57.8 Å². The molecule has 1 aliphatic rings. The molecule has 330 valence electrons. The predicted molar refractivity (Wildman–Crippen MR) is 217 cm³/mol. The smallest absolute Gasteiger partial charge is 0.245 e. The first-order chi connectivity index (χ1) is 27.3. The molecular formula is C38H69N11O9. The third-order valence-electron chi connectivity index (χ3n) is 9.73. The van der Waals surface area contributed by atoms with Gasteiger partial charge in [-0.3, -0.25) is 43.3 Å². The summed E-state index contributed by atoms with van der Waals surface area (Å²) in [6, 6.07) is -8.00. The van der Waals surface area contributed by atoms with Crippen molar-refractivity contribution in [2.75, 3.05) is 13.2 Å². The number of guanidine groups is 1. The van der Waals surface area contributed by atoms with Crippen LogP contribution in [0.4, 0.5) is 0 Å². The molecule has 0 aromatic carbocycles. The van der Waals surface area contributed by atoms with Gasteiger partial charge in [0, 0.05) is 13.5 Å². The van der Waals surface area contributed by atoms with Crippen molar-refractivity contribution in [1.82, 2.24) is 37.2 Å². The minimum Gasteiger partial charge on any atom is -0.394 e. The zero-order chi connectivity index (χ0) is 43.9. The van der Waals surface area contributed by atoms with Gasteiger partial charge >= 0.3 is 0 Å². The van der Waals surface area contributed by atoms with Crippen LogP contribution in [0.2, 0.25) is 0 Å². The molecule has 0 aromatic heterocycles. The molecule has 0 radical (unpaired) electrons. The molecule has 7 atom stereocenters. The standard InChI is InChI=1S/C38H69N11O9/c1-7-8-15-26(34(55)44-23(5)33(54)49-30(20-50)37(58)48-28(31(39)52)18-21(2)3)46-32(53)22(4)43-35(56)27(16-12-17-42-38(40)41)47-36(57)29(45-24(6)51)19-25-13-10-9-11-14-25/h21-23,25-30,50H,7-20H2,1-6H3,(H2,39,52)(H,43,56)(H,44,55)(H,45,51)(H,46,53)(H,47,57)(H,48,58)(H,49,54)(H4,40,41,42)/t22-,23-,26-,27-,28-,29-,30-/m0/s1. The third-order valence-corrected chi connectivity index (χ3v) is 9.73. The first kappa shape index (κ1) is 51.0. The van der Waals surface area contributed by atoms with Gasteiger partial charge in [0.15, 0.2) is 5.96 Å². The fourth-order valence-electron chi connectivity index (χ4n) is 6.49. The van der Waals surface area contributed by atoms with Gasteiger partial charge in [0.1, 0.15) is 42.3 Å². The molecule has 14 N–H and O–H groups in total. The molecule has 58 heavy (non-hydrogen) atoms. The van der Waals surface area contributed by atoms with Crippen molar-refractivity contribution in [2.24, 2.45) is 34.0 Å². The van der Waals surface area contributed by atoms with E-state index in [9.17, 15) is 43.5 Å². The van der Waals surface area contributed by atoms with Crippen LogP contribution >= 0.6 is 0 Å².